The normalized spacial score (nSPS) is 20.2. The molecule has 1 N–H and O–H groups in total. The molecule has 6 nitrogen and oxygen atoms in total. The third-order valence-corrected chi connectivity index (χ3v) is 7.27. The maximum absolute atomic E-state index is 12.7. The fraction of sp³-hybridized carbons (Fsp3) is 0.417. The quantitative estimate of drug-likeness (QED) is 0.614. The lowest BCUT2D eigenvalue weighted by atomic mass is 10.1. The van der Waals surface area contributed by atoms with Crippen molar-refractivity contribution in [3.63, 3.8) is 0 Å². The summed E-state index contributed by atoms with van der Waals surface area (Å²) in [7, 11) is 0. The fourth-order valence-electron chi connectivity index (χ4n) is 4.81. The number of nitrogens with zero attached hydrogens (tertiary/aromatic N) is 4. The molecule has 1 amide bonds. The standard InChI is InChI=1S/C24H27Cl2N5O/c1-16(19-6-4-17(25)13-20(19)26)31-15-28-21-7-5-18(14-23(21)31)29-9-11-30(12-10-29)24(32)22-3-2-8-27-22/h4-7,13-16,22,27H,2-3,8-12H2,1H3/t16-,22+/m0/s1. The molecular formula is C24H27Cl2N5O. The highest BCUT2D eigenvalue weighted by Crippen LogP contribution is 2.32. The van der Waals surface area contributed by atoms with E-state index in [1.807, 2.05) is 23.4 Å². The van der Waals surface area contributed by atoms with Crippen LogP contribution < -0.4 is 10.2 Å². The molecular weight excluding hydrogens is 445 g/mol. The van der Waals surface area contributed by atoms with Crippen LogP contribution in [0.2, 0.25) is 10.0 Å². The van der Waals surface area contributed by atoms with Crippen molar-refractivity contribution in [2.45, 2.75) is 31.8 Å². The Morgan fingerprint density at radius 2 is 1.94 bits per heavy atom. The van der Waals surface area contributed by atoms with E-state index in [0.29, 0.717) is 10.0 Å². The number of piperazine rings is 1. The highest BCUT2D eigenvalue weighted by Gasteiger charge is 2.29. The van der Waals surface area contributed by atoms with Gasteiger partial charge in [0.05, 0.1) is 29.4 Å². The van der Waals surface area contributed by atoms with E-state index in [4.69, 9.17) is 23.2 Å². The van der Waals surface area contributed by atoms with Crippen LogP contribution in [0.1, 0.15) is 31.4 Å². The lowest BCUT2D eigenvalue weighted by Crippen LogP contribution is -2.53. The van der Waals surface area contributed by atoms with E-state index in [2.05, 4.69) is 44.9 Å². The van der Waals surface area contributed by atoms with E-state index >= 15 is 0 Å². The second kappa shape index (κ2) is 8.93. The van der Waals surface area contributed by atoms with Gasteiger partial charge in [-0.2, -0.15) is 0 Å². The van der Waals surface area contributed by atoms with Gasteiger partial charge in [-0.3, -0.25) is 4.79 Å². The van der Waals surface area contributed by atoms with Crippen molar-refractivity contribution >= 4 is 45.8 Å². The minimum absolute atomic E-state index is 0.00781. The van der Waals surface area contributed by atoms with E-state index in [1.165, 1.54) is 0 Å². The summed E-state index contributed by atoms with van der Waals surface area (Å²) in [6.45, 7) is 6.23. The lowest BCUT2D eigenvalue weighted by molar-refractivity contribution is -0.133. The molecule has 2 atom stereocenters. The number of imidazole rings is 1. The lowest BCUT2D eigenvalue weighted by Gasteiger charge is -2.37. The van der Waals surface area contributed by atoms with Crippen molar-refractivity contribution in [3.8, 4) is 0 Å². The minimum atomic E-state index is 0.00781. The average Bonchev–Trinajstić information content (AvgIpc) is 3.48. The molecule has 3 aromatic rings. The van der Waals surface area contributed by atoms with Gasteiger partial charge in [-0.05, 0) is 62.2 Å². The first-order valence-electron chi connectivity index (χ1n) is 11.2. The molecule has 1 aromatic heterocycles. The first kappa shape index (κ1) is 21.6. The van der Waals surface area contributed by atoms with Crippen molar-refractivity contribution in [2.75, 3.05) is 37.6 Å². The van der Waals surface area contributed by atoms with Crippen LogP contribution in [0.4, 0.5) is 5.69 Å². The number of fused-ring (bicyclic) bond motifs is 1. The average molecular weight is 472 g/mol. The maximum atomic E-state index is 12.7. The summed E-state index contributed by atoms with van der Waals surface area (Å²) in [5, 5.41) is 4.60. The molecule has 0 saturated carbocycles. The molecule has 2 aliphatic heterocycles. The third kappa shape index (κ3) is 4.07. The number of carbonyl (C=O) groups is 1. The van der Waals surface area contributed by atoms with Gasteiger partial charge >= 0.3 is 0 Å². The van der Waals surface area contributed by atoms with Crippen LogP contribution in [0, 0.1) is 0 Å². The molecule has 2 aromatic carbocycles. The Labute approximate surface area is 198 Å². The Kier molecular flexibility index (Phi) is 6.01. The van der Waals surface area contributed by atoms with E-state index in [-0.39, 0.29) is 18.0 Å². The van der Waals surface area contributed by atoms with Crippen molar-refractivity contribution in [1.29, 1.82) is 0 Å². The van der Waals surface area contributed by atoms with Gasteiger partial charge in [-0.15, -0.1) is 0 Å². The largest absolute Gasteiger partial charge is 0.368 e. The minimum Gasteiger partial charge on any atom is -0.368 e. The van der Waals surface area contributed by atoms with E-state index in [0.717, 1.165) is 67.8 Å². The Morgan fingerprint density at radius 1 is 1.12 bits per heavy atom. The van der Waals surface area contributed by atoms with Gasteiger partial charge in [0, 0.05) is 41.9 Å². The first-order valence-corrected chi connectivity index (χ1v) is 12.0. The molecule has 168 valence electrons. The fourth-order valence-corrected chi connectivity index (χ4v) is 5.38. The third-order valence-electron chi connectivity index (χ3n) is 6.70. The predicted molar refractivity (Wildman–Crippen MR) is 130 cm³/mol. The zero-order chi connectivity index (χ0) is 22.2. The van der Waals surface area contributed by atoms with Crippen molar-refractivity contribution in [3.05, 3.63) is 58.3 Å². The number of benzene rings is 2. The molecule has 8 heteroatoms. The molecule has 2 aliphatic rings. The van der Waals surface area contributed by atoms with Crippen LogP contribution in [0.5, 0.6) is 0 Å². The second-order valence-corrected chi connectivity index (χ2v) is 9.47. The van der Waals surface area contributed by atoms with Crippen LogP contribution in [-0.2, 0) is 4.79 Å². The zero-order valence-corrected chi connectivity index (χ0v) is 19.6. The number of nitrogens with one attached hydrogen (secondary N) is 1. The highest BCUT2D eigenvalue weighted by atomic mass is 35.5. The number of hydrogen-bond donors (Lipinski definition) is 1. The predicted octanol–water partition coefficient (Wildman–Crippen LogP) is 4.35. The summed E-state index contributed by atoms with van der Waals surface area (Å²) in [5.74, 6) is 0.254. The van der Waals surface area contributed by atoms with Crippen LogP contribution in [0.25, 0.3) is 11.0 Å². The van der Waals surface area contributed by atoms with E-state index in [9.17, 15) is 4.79 Å². The number of halogens is 2. The summed E-state index contributed by atoms with van der Waals surface area (Å²) in [4.78, 5) is 21.7. The Bertz CT molecular complexity index is 1130. The Balaban J connectivity index is 1.34. The Hall–Kier alpha value is -2.28. The number of hydrogen-bond acceptors (Lipinski definition) is 4. The number of aromatic nitrogens is 2. The summed E-state index contributed by atoms with van der Waals surface area (Å²) in [5.41, 5.74) is 4.18. The molecule has 5 rings (SSSR count). The number of anilines is 1. The molecule has 0 unspecified atom stereocenters. The van der Waals surface area contributed by atoms with Crippen molar-refractivity contribution in [2.24, 2.45) is 0 Å². The summed E-state index contributed by atoms with van der Waals surface area (Å²) < 4.78 is 2.15. The number of amides is 1. The SMILES string of the molecule is C[C@@H](c1ccc(Cl)cc1Cl)n1cnc2ccc(N3CCN(C(=O)[C@H]4CCCN4)CC3)cc21. The van der Waals surface area contributed by atoms with Gasteiger partial charge in [0.1, 0.15) is 0 Å². The molecule has 0 radical (unpaired) electrons. The molecule has 2 fully saturated rings. The zero-order valence-electron chi connectivity index (χ0n) is 18.1. The van der Waals surface area contributed by atoms with Crippen LogP contribution in [-0.4, -0.2) is 59.1 Å². The molecule has 0 aliphatic carbocycles. The molecule has 0 spiro atoms. The topological polar surface area (TPSA) is 53.4 Å². The molecule has 2 saturated heterocycles. The number of rotatable bonds is 4. The van der Waals surface area contributed by atoms with Gasteiger partial charge in [0.2, 0.25) is 5.91 Å². The molecule has 3 heterocycles. The smallest absolute Gasteiger partial charge is 0.239 e. The first-order chi connectivity index (χ1) is 15.5. The van der Waals surface area contributed by atoms with Crippen molar-refractivity contribution in [1.82, 2.24) is 19.8 Å². The van der Waals surface area contributed by atoms with Gasteiger partial charge < -0.3 is 19.7 Å². The monoisotopic (exact) mass is 471 g/mol. The molecule has 0 bridgehead atoms. The van der Waals surface area contributed by atoms with Crippen molar-refractivity contribution < 1.29 is 4.79 Å². The maximum Gasteiger partial charge on any atom is 0.239 e. The van der Waals surface area contributed by atoms with Gasteiger partial charge in [0.15, 0.2) is 0 Å². The van der Waals surface area contributed by atoms with Crippen LogP contribution in [0.3, 0.4) is 0 Å². The van der Waals surface area contributed by atoms with E-state index in [1.54, 1.807) is 6.07 Å². The second-order valence-electron chi connectivity index (χ2n) is 8.63. The summed E-state index contributed by atoms with van der Waals surface area (Å²) >= 11 is 12.5. The van der Waals surface area contributed by atoms with Gasteiger partial charge in [-0.25, -0.2) is 4.98 Å². The van der Waals surface area contributed by atoms with Crippen LogP contribution in [0.15, 0.2) is 42.7 Å². The highest BCUT2D eigenvalue weighted by molar-refractivity contribution is 6.35. The Morgan fingerprint density at radius 3 is 2.66 bits per heavy atom. The summed E-state index contributed by atoms with van der Waals surface area (Å²) in [6.07, 6.45) is 3.91. The summed E-state index contributed by atoms with van der Waals surface area (Å²) in [6, 6.07) is 12.0. The van der Waals surface area contributed by atoms with Crippen LogP contribution >= 0.6 is 23.2 Å². The van der Waals surface area contributed by atoms with E-state index < -0.39 is 0 Å². The number of carbonyl (C=O) groups excluding carboxylic acids is 1. The molecule has 32 heavy (non-hydrogen) atoms. The van der Waals surface area contributed by atoms with Gasteiger partial charge in [0.25, 0.3) is 0 Å². The van der Waals surface area contributed by atoms with Gasteiger partial charge in [-0.1, -0.05) is 29.3 Å².